The number of amides is 1. The normalized spacial score (nSPS) is 24.4. The van der Waals surface area contributed by atoms with Gasteiger partial charge in [0.15, 0.2) is 0 Å². The first-order chi connectivity index (χ1) is 16.3. The smallest absolute Gasteiger partial charge is 0.415 e. The van der Waals surface area contributed by atoms with E-state index in [0.29, 0.717) is 18.7 Å². The molecule has 0 N–H and O–H groups in total. The summed E-state index contributed by atoms with van der Waals surface area (Å²) in [5.74, 6) is 0.751. The maximum Gasteiger partial charge on any atom is 0.415 e. The summed E-state index contributed by atoms with van der Waals surface area (Å²) in [4.78, 5) is 19.3. The molecule has 2 aliphatic rings. The fourth-order valence-electron chi connectivity index (χ4n) is 5.75. The molecule has 7 nitrogen and oxygen atoms in total. The van der Waals surface area contributed by atoms with Crippen LogP contribution in [0.15, 0.2) is 42.7 Å². The molecule has 0 bridgehead atoms. The van der Waals surface area contributed by atoms with Crippen LogP contribution in [0, 0.1) is 23.7 Å². The third kappa shape index (κ3) is 3.98. The van der Waals surface area contributed by atoms with Gasteiger partial charge >= 0.3 is 6.09 Å². The van der Waals surface area contributed by atoms with Gasteiger partial charge in [0.2, 0.25) is 0 Å². The molecule has 5 rings (SSSR count). The highest BCUT2D eigenvalue weighted by molar-refractivity contribution is 5.90. The largest absolute Gasteiger partial charge is 0.494 e. The van der Waals surface area contributed by atoms with Gasteiger partial charge in [0.1, 0.15) is 11.4 Å². The number of rotatable bonds is 5. The summed E-state index contributed by atoms with van der Waals surface area (Å²) in [6, 6.07) is 13.8. The molecule has 0 radical (unpaired) electrons. The number of hydrogen-bond acceptors (Lipinski definition) is 5. The molecule has 2 atom stereocenters. The molecule has 1 aliphatic heterocycles. The Morgan fingerprint density at radius 3 is 2.91 bits per heavy atom. The van der Waals surface area contributed by atoms with Gasteiger partial charge in [0.25, 0.3) is 0 Å². The Kier molecular flexibility index (Phi) is 5.47. The number of aryl methyl sites for hydroxylation is 1. The van der Waals surface area contributed by atoms with Gasteiger partial charge in [0, 0.05) is 12.6 Å². The maximum absolute atomic E-state index is 12.9. The van der Waals surface area contributed by atoms with Crippen LogP contribution in [-0.2, 0) is 11.3 Å². The highest BCUT2D eigenvalue weighted by atomic mass is 16.6. The SMILES string of the molecule is CCOc1cccc(N2C[C@@]3(CCC[C@](C)(Cn4cnc5cc(C)c(C#N)cc54)C3)OC2=O)c1. The molecular weight excluding hydrogens is 428 g/mol. The summed E-state index contributed by atoms with van der Waals surface area (Å²) < 4.78 is 13.9. The summed E-state index contributed by atoms with van der Waals surface area (Å²) in [7, 11) is 0. The monoisotopic (exact) mass is 458 g/mol. The van der Waals surface area contributed by atoms with Crippen molar-refractivity contribution in [2.45, 2.75) is 58.6 Å². The lowest BCUT2D eigenvalue weighted by molar-refractivity contribution is -0.0264. The second kappa shape index (κ2) is 8.35. The van der Waals surface area contributed by atoms with Crippen LogP contribution in [-0.4, -0.2) is 34.4 Å². The summed E-state index contributed by atoms with van der Waals surface area (Å²) >= 11 is 0. The van der Waals surface area contributed by atoms with E-state index in [0.717, 1.165) is 60.3 Å². The number of hydrogen-bond donors (Lipinski definition) is 0. The van der Waals surface area contributed by atoms with Gasteiger partial charge in [-0.2, -0.15) is 5.26 Å². The fourth-order valence-corrected chi connectivity index (χ4v) is 5.75. The number of nitriles is 1. The van der Waals surface area contributed by atoms with E-state index in [-0.39, 0.29) is 11.5 Å². The highest BCUT2D eigenvalue weighted by Crippen LogP contribution is 2.48. The van der Waals surface area contributed by atoms with E-state index in [1.54, 1.807) is 4.90 Å². The second-order valence-corrected chi connectivity index (χ2v) is 10.0. The molecule has 1 spiro atoms. The molecule has 3 aromatic rings. The number of fused-ring (bicyclic) bond motifs is 1. The molecule has 1 aliphatic carbocycles. The number of imidazole rings is 1. The Labute approximate surface area is 199 Å². The Morgan fingerprint density at radius 2 is 2.12 bits per heavy atom. The Hall–Kier alpha value is -3.53. The zero-order valence-corrected chi connectivity index (χ0v) is 20.0. The molecule has 0 unspecified atom stereocenters. The number of carbonyl (C=O) groups excluding carboxylic acids is 1. The quantitative estimate of drug-likeness (QED) is 0.498. The van der Waals surface area contributed by atoms with Crippen molar-refractivity contribution in [2.75, 3.05) is 18.1 Å². The molecule has 7 heteroatoms. The Balaban J connectivity index is 1.38. The molecule has 1 amide bonds. The minimum Gasteiger partial charge on any atom is -0.494 e. The first-order valence-corrected chi connectivity index (χ1v) is 11.9. The van der Waals surface area contributed by atoms with Gasteiger partial charge < -0.3 is 14.0 Å². The number of benzene rings is 2. The van der Waals surface area contributed by atoms with Crippen LogP contribution in [0.5, 0.6) is 5.75 Å². The van der Waals surface area contributed by atoms with Gasteiger partial charge in [0.05, 0.1) is 47.8 Å². The lowest BCUT2D eigenvalue weighted by Crippen LogP contribution is -2.45. The fraction of sp³-hybridized carbons (Fsp3) is 0.444. The second-order valence-electron chi connectivity index (χ2n) is 10.0. The van der Waals surface area contributed by atoms with Crippen LogP contribution < -0.4 is 9.64 Å². The zero-order valence-electron chi connectivity index (χ0n) is 20.0. The number of ether oxygens (including phenoxy) is 2. The van der Waals surface area contributed by atoms with Crippen LogP contribution in [0.25, 0.3) is 11.0 Å². The summed E-state index contributed by atoms with van der Waals surface area (Å²) in [6.45, 7) is 8.03. The number of aromatic nitrogens is 2. The van der Waals surface area contributed by atoms with Crippen molar-refractivity contribution < 1.29 is 14.3 Å². The summed E-state index contributed by atoms with van der Waals surface area (Å²) in [5, 5.41) is 9.47. The zero-order chi connectivity index (χ0) is 23.9. The lowest BCUT2D eigenvalue weighted by atomic mass is 9.68. The standard InChI is InChI=1S/C27H30N4O3/c1-4-33-22-8-5-7-21(13-22)31-17-27(34-25(31)32)10-6-9-26(3,15-27)16-30-18-29-23-11-19(2)20(14-28)12-24(23)30/h5,7-8,11-13,18H,4,6,9-10,15-17H2,1-3H3/t26-,27-/m0/s1. The first kappa shape index (κ1) is 22.3. The molecule has 1 saturated heterocycles. The highest BCUT2D eigenvalue weighted by Gasteiger charge is 2.51. The molecule has 2 fully saturated rings. The molecular formula is C27H30N4O3. The van der Waals surface area contributed by atoms with E-state index in [1.807, 2.05) is 56.6 Å². The number of anilines is 1. The van der Waals surface area contributed by atoms with E-state index in [4.69, 9.17) is 9.47 Å². The van der Waals surface area contributed by atoms with E-state index >= 15 is 0 Å². The maximum atomic E-state index is 12.9. The van der Waals surface area contributed by atoms with Crippen LogP contribution in [0.4, 0.5) is 10.5 Å². The van der Waals surface area contributed by atoms with Crippen LogP contribution >= 0.6 is 0 Å². The molecule has 1 aromatic heterocycles. The van der Waals surface area contributed by atoms with Crippen molar-refractivity contribution >= 4 is 22.8 Å². The van der Waals surface area contributed by atoms with Crippen molar-refractivity contribution in [1.29, 1.82) is 5.26 Å². The molecule has 2 aromatic carbocycles. The average Bonchev–Trinajstić information content (AvgIpc) is 3.32. The molecule has 1 saturated carbocycles. The van der Waals surface area contributed by atoms with Crippen molar-refractivity contribution in [3.05, 3.63) is 53.9 Å². The van der Waals surface area contributed by atoms with E-state index < -0.39 is 5.60 Å². The third-order valence-electron chi connectivity index (χ3n) is 7.21. The van der Waals surface area contributed by atoms with Crippen molar-refractivity contribution in [3.8, 4) is 11.8 Å². The predicted octanol–water partition coefficient (Wildman–Crippen LogP) is 5.59. The Bertz CT molecular complexity index is 1290. The first-order valence-electron chi connectivity index (χ1n) is 11.9. The summed E-state index contributed by atoms with van der Waals surface area (Å²) in [6.07, 6.45) is 5.25. The van der Waals surface area contributed by atoms with Crippen LogP contribution in [0.1, 0.15) is 50.7 Å². The molecule has 2 heterocycles. The van der Waals surface area contributed by atoms with Gasteiger partial charge in [-0.25, -0.2) is 9.78 Å². The van der Waals surface area contributed by atoms with E-state index in [2.05, 4.69) is 22.5 Å². The van der Waals surface area contributed by atoms with E-state index in [9.17, 15) is 10.1 Å². The minimum absolute atomic E-state index is 0.0625. The number of nitrogens with zero attached hydrogens (tertiary/aromatic N) is 4. The van der Waals surface area contributed by atoms with Gasteiger partial charge in [-0.05, 0) is 74.8 Å². The summed E-state index contributed by atoms with van der Waals surface area (Å²) in [5.41, 5.74) is 3.73. The number of carbonyl (C=O) groups is 1. The van der Waals surface area contributed by atoms with Gasteiger partial charge in [-0.15, -0.1) is 0 Å². The van der Waals surface area contributed by atoms with Gasteiger partial charge in [-0.1, -0.05) is 13.0 Å². The van der Waals surface area contributed by atoms with Crippen LogP contribution in [0.3, 0.4) is 0 Å². The third-order valence-corrected chi connectivity index (χ3v) is 7.21. The predicted molar refractivity (Wildman–Crippen MR) is 130 cm³/mol. The van der Waals surface area contributed by atoms with Crippen molar-refractivity contribution in [3.63, 3.8) is 0 Å². The van der Waals surface area contributed by atoms with Crippen LogP contribution in [0.2, 0.25) is 0 Å². The Morgan fingerprint density at radius 1 is 1.26 bits per heavy atom. The average molecular weight is 459 g/mol. The van der Waals surface area contributed by atoms with Crippen molar-refractivity contribution in [2.24, 2.45) is 5.41 Å². The topological polar surface area (TPSA) is 80.4 Å². The van der Waals surface area contributed by atoms with Gasteiger partial charge in [-0.3, -0.25) is 4.90 Å². The molecule has 34 heavy (non-hydrogen) atoms. The van der Waals surface area contributed by atoms with Crippen molar-refractivity contribution in [1.82, 2.24) is 9.55 Å². The lowest BCUT2D eigenvalue weighted by Gasteiger charge is -2.43. The minimum atomic E-state index is -0.503. The van der Waals surface area contributed by atoms with E-state index in [1.165, 1.54) is 0 Å². The molecule has 176 valence electrons.